The molecule has 2 aromatic heterocycles. The Morgan fingerprint density at radius 1 is 1.00 bits per heavy atom. The number of hydrogen-bond acceptors (Lipinski definition) is 3. The highest BCUT2D eigenvalue weighted by Crippen LogP contribution is 2.24. The first-order valence-corrected chi connectivity index (χ1v) is 7.27. The molecule has 0 fully saturated rings. The maximum atomic E-state index is 13.6. The van der Waals surface area contributed by atoms with Crippen LogP contribution < -0.4 is 17.7 Å². The van der Waals surface area contributed by atoms with E-state index in [1.165, 1.54) is 10.9 Å². The predicted octanol–water partition coefficient (Wildman–Crippen LogP) is 1.44. The molecule has 0 bridgehead atoms. The Labute approximate surface area is 133 Å². The first-order valence-electron chi connectivity index (χ1n) is 6.39. The minimum Gasteiger partial charge on any atom is -1.00 e. The normalized spacial score (nSPS) is 10.3. The van der Waals surface area contributed by atoms with E-state index in [0.717, 1.165) is 12.3 Å². The van der Waals surface area contributed by atoms with Crippen molar-refractivity contribution in [3.05, 3.63) is 70.4 Å². The molecule has 2 heterocycles. The summed E-state index contributed by atoms with van der Waals surface area (Å²) in [6.07, 6.45) is 0. The molecule has 2 nitrogen and oxygen atoms in total. The van der Waals surface area contributed by atoms with Crippen LogP contribution in [-0.4, -0.2) is 0 Å². The molecule has 1 aromatic carbocycles. The summed E-state index contributed by atoms with van der Waals surface area (Å²) in [7, 11) is 0. The molecule has 0 spiro atoms. The third-order valence-corrected chi connectivity index (χ3v) is 3.86. The van der Waals surface area contributed by atoms with E-state index < -0.39 is 0 Å². The van der Waals surface area contributed by atoms with E-state index in [1.54, 1.807) is 35.6 Å². The number of hydrogen-bond donors (Lipinski definition) is 1. The largest absolute Gasteiger partial charge is 1.00 e. The van der Waals surface area contributed by atoms with Gasteiger partial charge in [0, 0.05) is 11.4 Å². The molecular formula is C16H14ClFNOS-. The molecule has 3 rings (SSSR count). The highest BCUT2D eigenvalue weighted by atomic mass is 35.5. The van der Waals surface area contributed by atoms with Crippen molar-refractivity contribution >= 4 is 11.3 Å². The lowest BCUT2D eigenvalue weighted by atomic mass is 10.1. The van der Waals surface area contributed by atoms with Crippen LogP contribution in [0.5, 0.6) is 0 Å². The molecule has 110 valence electrons. The second kappa shape index (κ2) is 7.41. The fraction of sp³-hybridized carbons (Fsp3) is 0.125. The number of halogens is 2. The van der Waals surface area contributed by atoms with Gasteiger partial charge in [0.2, 0.25) is 0 Å². The zero-order valence-corrected chi connectivity index (χ0v) is 12.8. The summed E-state index contributed by atoms with van der Waals surface area (Å²) in [5, 5.41) is 5.36. The van der Waals surface area contributed by atoms with Crippen molar-refractivity contribution in [1.82, 2.24) is 5.32 Å². The zero-order chi connectivity index (χ0) is 13.8. The minimum absolute atomic E-state index is 0. The number of nitrogens with one attached hydrogen (secondary N) is 1. The van der Waals surface area contributed by atoms with E-state index >= 15 is 0 Å². The highest BCUT2D eigenvalue weighted by Gasteiger charge is 2.08. The van der Waals surface area contributed by atoms with Gasteiger partial charge < -0.3 is 22.1 Å². The van der Waals surface area contributed by atoms with E-state index in [-0.39, 0.29) is 18.2 Å². The molecule has 0 amide bonds. The lowest BCUT2D eigenvalue weighted by Gasteiger charge is -2.01. The summed E-state index contributed by atoms with van der Waals surface area (Å²) in [5.74, 6) is 1.11. The molecule has 0 saturated carbocycles. The van der Waals surface area contributed by atoms with Gasteiger partial charge in [-0.3, -0.25) is 0 Å². The van der Waals surface area contributed by atoms with E-state index in [1.807, 2.05) is 12.1 Å². The molecule has 5 heteroatoms. The molecule has 21 heavy (non-hydrogen) atoms. The topological polar surface area (TPSA) is 25.2 Å². The van der Waals surface area contributed by atoms with Crippen LogP contribution in [-0.2, 0) is 13.1 Å². The average Bonchev–Trinajstić information content (AvgIpc) is 3.11. The van der Waals surface area contributed by atoms with E-state index in [0.29, 0.717) is 17.9 Å². The molecule has 0 saturated heterocycles. The van der Waals surface area contributed by atoms with Crippen LogP contribution in [0.2, 0.25) is 0 Å². The van der Waals surface area contributed by atoms with Gasteiger partial charge >= 0.3 is 0 Å². The molecular weight excluding hydrogens is 309 g/mol. The van der Waals surface area contributed by atoms with Gasteiger partial charge in [-0.2, -0.15) is 0 Å². The Hall–Kier alpha value is -1.62. The molecule has 0 atom stereocenters. The van der Waals surface area contributed by atoms with Gasteiger partial charge in [-0.15, -0.1) is 11.3 Å². The summed E-state index contributed by atoms with van der Waals surface area (Å²) in [6.45, 7) is 1.44. The summed E-state index contributed by atoms with van der Waals surface area (Å²) in [4.78, 5) is 1.28. The molecule has 0 radical (unpaired) electrons. The molecule has 3 aromatic rings. The molecule has 0 aliphatic heterocycles. The van der Waals surface area contributed by atoms with Crippen molar-refractivity contribution in [3.8, 4) is 11.3 Å². The second-order valence-electron chi connectivity index (χ2n) is 4.43. The zero-order valence-electron chi connectivity index (χ0n) is 11.2. The van der Waals surface area contributed by atoms with Crippen LogP contribution in [0.3, 0.4) is 0 Å². The fourth-order valence-electron chi connectivity index (χ4n) is 2.00. The van der Waals surface area contributed by atoms with Crippen molar-refractivity contribution in [1.29, 1.82) is 0 Å². The number of thiophene rings is 1. The van der Waals surface area contributed by atoms with Crippen LogP contribution >= 0.6 is 11.3 Å². The maximum absolute atomic E-state index is 13.6. The van der Waals surface area contributed by atoms with Crippen LogP contribution in [0.25, 0.3) is 11.3 Å². The van der Waals surface area contributed by atoms with E-state index in [4.69, 9.17) is 4.42 Å². The van der Waals surface area contributed by atoms with Crippen molar-refractivity contribution in [2.75, 3.05) is 0 Å². The van der Waals surface area contributed by atoms with Crippen molar-refractivity contribution in [2.24, 2.45) is 0 Å². The van der Waals surface area contributed by atoms with Gasteiger partial charge in [0.1, 0.15) is 17.3 Å². The first kappa shape index (κ1) is 15.8. The molecule has 1 N–H and O–H groups in total. The first-order chi connectivity index (χ1) is 9.83. The fourth-order valence-corrected chi connectivity index (χ4v) is 2.68. The number of furan rings is 1. The van der Waals surface area contributed by atoms with Crippen molar-refractivity contribution in [3.63, 3.8) is 0 Å². The SMILES string of the molecule is Fc1ccccc1-c1ccc(CNCc2cccs2)o1.[Cl-]. The Balaban J connectivity index is 0.00000161. The maximum Gasteiger partial charge on any atom is 0.137 e. The van der Waals surface area contributed by atoms with Crippen LogP contribution in [0, 0.1) is 5.82 Å². The Bertz CT molecular complexity index is 681. The van der Waals surface area contributed by atoms with E-state index in [2.05, 4.69) is 16.8 Å². The van der Waals surface area contributed by atoms with Gasteiger partial charge in [0.25, 0.3) is 0 Å². The van der Waals surface area contributed by atoms with Gasteiger partial charge in [0.05, 0.1) is 12.1 Å². The summed E-state index contributed by atoms with van der Waals surface area (Å²) < 4.78 is 19.3. The van der Waals surface area contributed by atoms with Gasteiger partial charge in [-0.05, 0) is 35.7 Å². The molecule has 0 aliphatic carbocycles. The monoisotopic (exact) mass is 322 g/mol. The van der Waals surface area contributed by atoms with Crippen molar-refractivity contribution < 1.29 is 21.2 Å². The Morgan fingerprint density at radius 3 is 2.62 bits per heavy atom. The second-order valence-corrected chi connectivity index (χ2v) is 5.46. The van der Waals surface area contributed by atoms with E-state index in [9.17, 15) is 4.39 Å². The number of rotatable bonds is 5. The molecule has 0 unspecified atom stereocenters. The predicted molar refractivity (Wildman–Crippen MR) is 79.0 cm³/mol. The smallest absolute Gasteiger partial charge is 0.137 e. The van der Waals surface area contributed by atoms with Crippen LogP contribution in [0.1, 0.15) is 10.6 Å². The Morgan fingerprint density at radius 2 is 1.86 bits per heavy atom. The minimum atomic E-state index is -0.264. The lowest BCUT2D eigenvalue weighted by Crippen LogP contribution is -3.00. The summed E-state index contributed by atoms with van der Waals surface area (Å²) in [6, 6.07) is 14.4. The summed E-state index contributed by atoms with van der Waals surface area (Å²) in [5.41, 5.74) is 0.497. The quantitative estimate of drug-likeness (QED) is 0.769. The van der Waals surface area contributed by atoms with Crippen LogP contribution in [0.4, 0.5) is 4.39 Å². The number of benzene rings is 1. The third kappa shape index (κ3) is 3.94. The van der Waals surface area contributed by atoms with Gasteiger partial charge in [0.15, 0.2) is 0 Å². The summed E-state index contributed by atoms with van der Waals surface area (Å²) >= 11 is 1.72. The third-order valence-electron chi connectivity index (χ3n) is 2.98. The molecule has 0 aliphatic rings. The van der Waals surface area contributed by atoms with Gasteiger partial charge in [-0.25, -0.2) is 4.39 Å². The van der Waals surface area contributed by atoms with Gasteiger partial charge in [-0.1, -0.05) is 18.2 Å². The average molecular weight is 323 g/mol. The van der Waals surface area contributed by atoms with Crippen LogP contribution in [0.15, 0.2) is 58.3 Å². The van der Waals surface area contributed by atoms with Crippen molar-refractivity contribution in [2.45, 2.75) is 13.1 Å². The highest BCUT2D eigenvalue weighted by molar-refractivity contribution is 7.09. The lowest BCUT2D eigenvalue weighted by molar-refractivity contribution is -0.00000511. The standard InChI is InChI=1S/C16H14FNOS.ClH/c17-15-6-2-1-5-14(15)16-8-7-12(19-16)10-18-11-13-4-3-9-20-13;/h1-9,18H,10-11H2;1H/p-1. The Kier molecular flexibility index (Phi) is 5.56.